The van der Waals surface area contributed by atoms with E-state index in [-0.39, 0.29) is 5.82 Å². The Kier molecular flexibility index (Phi) is 4.58. The van der Waals surface area contributed by atoms with Gasteiger partial charge in [-0.15, -0.1) is 0 Å². The number of benzene rings is 1. The predicted octanol–water partition coefficient (Wildman–Crippen LogP) is 3.53. The van der Waals surface area contributed by atoms with E-state index in [9.17, 15) is 4.39 Å². The Labute approximate surface area is 114 Å². The van der Waals surface area contributed by atoms with E-state index >= 15 is 0 Å². The first-order valence-electron chi connectivity index (χ1n) is 5.47. The van der Waals surface area contributed by atoms with Gasteiger partial charge in [-0.3, -0.25) is 0 Å². The molecule has 1 aromatic heterocycles. The summed E-state index contributed by atoms with van der Waals surface area (Å²) in [6, 6.07) is 8.65. The van der Waals surface area contributed by atoms with Gasteiger partial charge in [0.1, 0.15) is 10.8 Å². The molecule has 1 aromatic carbocycles. The standard InChI is InChI=1S/C13H12ClFN2S/c14-10-2-4-13(17-8-10)18-12-3-1-9(5-6-16)7-11(12)15/h1-4,7-8H,5-6,16H2. The van der Waals surface area contributed by atoms with E-state index in [1.54, 1.807) is 24.4 Å². The maximum atomic E-state index is 13.8. The summed E-state index contributed by atoms with van der Waals surface area (Å²) in [5.41, 5.74) is 6.34. The van der Waals surface area contributed by atoms with E-state index in [2.05, 4.69) is 4.98 Å². The van der Waals surface area contributed by atoms with Crippen LogP contribution >= 0.6 is 23.4 Å². The first-order chi connectivity index (χ1) is 8.69. The molecule has 94 valence electrons. The first kappa shape index (κ1) is 13.3. The van der Waals surface area contributed by atoms with Gasteiger partial charge in [0.25, 0.3) is 0 Å². The van der Waals surface area contributed by atoms with Crippen LogP contribution in [0, 0.1) is 5.82 Å². The molecule has 2 rings (SSSR count). The molecule has 0 spiro atoms. The van der Waals surface area contributed by atoms with E-state index in [1.807, 2.05) is 6.07 Å². The topological polar surface area (TPSA) is 38.9 Å². The average molecular weight is 283 g/mol. The second kappa shape index (κ2) is 6.18. The normalized spacial score (nSPS) is 10.6. The van der Waals surface area contributed by atoms with Gasteiger partial charge in [0, 0.05) is 11.1 Å². The van der Waals surface area contributed by atoms with Crippen LogP contribution in [-0.2, 0) is 6.42 Å². The van der Waals surface area contributed by atoms with Gasteiger partial charge in [-0.1, -0.05) is 29.4 Å². The molecule has 0 aliphatic heterocycles. The van der Waals surface area contributed by atoms with E-state index < -0.39 is 0 Å². The van der Waals surface area contributed by atoms with Gasteiger partial charge < -0.3 is 5.73 Å². The van der Waals surface area contributed by atoms with Crippen LogP contribution in [0.1, 0.15) is 5.56 Å². The van der Waals surface area contributed by atoms with Crippen LogP contribution in [0.4, 0.5) is 4.39 Å². The van der Waals surface area contributed by atoms with Gasteiger partial charge in [-0.05, 0) is 42.8 Å². The first-order valence-corrected chi connectivity index (χ1v) is 6.66. The average Bonchev–Trinajstić information content (AvgIpc) is 2.36. The molecule has 0 saturated heterocycles. The van der Waals surface area contributed by atoms with Crippen molar-refractivity contribution >= 4 is 23.4 Å². The van der Waals surface area contributed by atoms with Gasteiger partial charge in [0.2, 0.25) is 0 Å². The third kappa shape index (κ3) is 3.45. The number of pyridine rings is 1. The fourth-order valence-electron chi connectivity index (χ4n) is 1.48. The number of nitrogens with two attached hydrogens (primary N) is 1. The molecule has 0 bridgehead atoms. The van der Waals surface area contributed by atoms with Gasteiger partial charge >= 0.3 is 0 Å². The zero-order chi connectivity index (χ0) is 13.0. The SMILES string of the molecule is NCCc1ccc(Sc2ccc(Cl)cn2)c(F)c1. The Morgan fingerprint density at radius 1 is 1.28 bits per heavy atom. The number of hydrogen-bond donors (Lipinski definition) is 1. The maximum absolute atomic E-state index is 13.8. The van der Waals surface area contributed by atoms with Crippen LogP contribution in [0.25, 0.3) is 0 Å². The molecule has 0 amide bonds. The molecule has 0 unspecified atom stereocenters. The lowest BCUT2D eigenvalue weighted by Crippen LogP contribution is -2.02. The summed E-state index contributed by atoms with van der Waals surface area (Å²) >= 11 is 7.02. The van der Waals surface area contributed by atoms with E-state index in [1.165, 1.54) is 17.8 Å². The van der Waals surface area contributed by atoms with Gasteiger partial charge in [0.15, 0.2) is 0 Å². The molecule has 2 nitrogen and oxygen atoms in total. The zero-order valence-electron chi connectivity index (χ0n) is 9.57. The van der Waals surface area contributed by atoms with Crippen molar-refractivity contribution in [1.82, 2.24) is 4.98 Å². The Morgan fingerprint density at radius 3 is 2.72 bits per heavy atom. The van der Waals surface area contributed by atoms with Gasteiger partial charge in [-0.2, -0.15) is 0 Å². The fraction of sp³-hybridized carbons (Fsp3) is 0.154. The fourth-order valence-corrected chi connectivity index (χ4v) is 2.36. The third-order valence-electron chi connectivity index (χ3n) is 2.34. The third-order valence-corrected chi connectivity index (χ3v) is 3.57. The highest BCUT2D eigenvalue weighted by molar-refractivity contribution is 7.99. The molecule has 0 aliphatic rings. The predicted molar refractivity (Wildman–Crippen MR) is 72.5 cm³/mol. The second-order valence-electron chi connectivity index (χ2n) is 3.72. The Balaban J connectivity index is 2.16. The molecule has 1 heterocycles. The molecule has 5 heteroatoms. The Bertz CT molecular complexity index is 531. The summed E-state index contributed by atoms with van der Waals surface area (Å²) < 4.78 is 13.8. The van der Waals surface area contributed by atoms with Crippen molar-refractivity contribution in [2.45, 2.75) is 16.3 Å². The van der Waals surface area contributed by atoms with E-state index in [0.717, 1.165) is 5.56 Å². The van der Waals surface area contributed by atoms with Crippen molar-refractivity contribution in [2.24, 2.45) is 5.73 Å². The number of rotatable bonds is 4. The second-order valence-corrected chi connectivity index (χ2v) is 5.22. The lowest BCUT2D eigenvalue weighted by Gasteiger charge is -2.05. The van der Waals surface area contributed by atoms with Crippen molar-refractivity contribution in [3.05, 3.63) is 52.9 Å². The highest BCUT2D eigenvalue weighted by atomic mass is 35.5. The highest BCUT2D eigenvalue weighted by Crippen LogP contribution is 2.29. The molecular formula is C13H12ClFN2S. The van der Waals surface area contributed by atoms with Crippen LogP contribution < -0.4 is 5.73 Å². The van der Waals surface area contributed by atoms with Crippen molar-refractivity contribution in [2.75, 3.05) is 6.54 Å². The van der Waals surface area contributed by atoms with Crippen LogP contribution in [0.3, 0.4) is 0 Å². The molecule has 0 aliphatic carbocycles. The smallest absolute Gasteiger partial charge is 0.137 e. The number of halogens is 2. The molecule has 0 fully saturated rings. The summed E-state index contributed by atoms with van der Waals surface area (Å²) in [4.78, 5) is 4.66. The largest absolute Gasteiger partial charge is 0.330 e. The summed E-state index contributed by atoms with van der Waals surface area (Å²) in [5, 5.41) is 1.28. The minimum atomic E-state index is -0.247. The summed E-state index contributed by atoms with van der Waals surface area (Å²) in [7, 11) is 0. The summed E-state index contributed by atoms with van der Waals surface area (Å²) in [6.07, 6.45) is 2.23. The van der Waals surface area contributed by atoms with E-state index in [0.29, 0.717) is 27.9 Å². The summed E-state index contributed by atoms with van der Waals surface area (Å²) in [6.45, 7) is 0.519. The molecule has 18 heavy (non-hydrogen) atoms. The zero-order valence-corrected chi connectivity index (χ0v) is 11.1. The van der Waals surface area contributed by atoms with Gasteiger partial charge in [0.05, 0.1) is 5.02 Å². The molecular weight excluding hydrogens is 271 g/mol. The lowest BCUT2D eigenvalue weighted by atomic mass is 10.1. The molecule has 0 radical (unpaired) electrons. The van der Waals surface area contributed by atoms with Crippen molar-refractivity contribution < 1.29 is 4.39 Å². The van der Waals surface area contributed by atoms with Crippen LogP contribution in [0.5, 0.6) is 0 Å². The van der Waals surface area contributed by atoms with Crippen LogP contribution in [-0.4, -0.2) is 11.5 Å². The van der Waals surface area contributed by atoms with Crippen molar-refractivity contribution in [3.63, 3.8) is 0 Å². The van der Waals surface area contributed by atoms with E-state index in [4.69, 9.17) is 17.3 Å². The monoisotopic (exact) mass is 282 g/mol. The molecule has 2 aromatic rings. The van der Waals surface area contributed by atoms with Crippen LogP contribution in [0.2, 0.25) is 5.02 Å². The number of hydrogen-bond acceptors (Lipinski definition) is 3. The quantitative estimate of drug-likeness (QED) is 0.932. The van der Waals surface area contributed by atoms with Crippen molar-refractivity contribution in [1.29, 1.82) is 0 Å². The Morgan fingerprint density at radius 2 is 2.11 bits per heavy atom. The highest BCUT2D eigenvalue weighted by Gasteiger charge is 2.06. The number of nitrogens with zero attached hydrogens (tertiary/aromatic N) is 1. The molecule has 0 saturated carbocycles. The van der Waals surface area contributed by atoms with Crippen molar-refractivity contribution in [3.8, 4) is 0 Å². The minimum absolute atomic E-state index is 0.247. The Hall–Kier alpha value is -1.10. The summed E-state index contributed by atoms with van der Waals surface area (Å²) in [5.74, 6) is -0.247. The van der Waals surface area contributed by atoms with Crippen LogP contribution in [0.15, 0.2) is 46.5 Å². The number of aromatic nitrogens is 1. The lowest BCUT2D eigenvalue weighted by molar-refractivity contribution is 0.599. The molecule has 0 atom stereocenters. The molecule has 2 N–H and O–H groups in total. The maximum Gasteiger partial charge on any atom is 0.137 e. The minimum Gasteiger partial charge on any atom is -0.330 e. The van der Waals surface area contributed by atoms with Gasteiger partial charge in [-0.25, -0.2) is 9.37 Å².